The topological polar surface area (TPSA) is 70.5 Å². The molecule has 1 unspecified atom stereocenters. The first-order valence-corrected chi connectivity index (χ1v) is 7.44. The van der Waals surface area contributed by atoms with Gasteiger partial charge < -0.3 is 19.7 Å². The van der Waals surface area contributed by atoms with Crippen LogP contribution < -0.4 is 5.32 Å². The molecule has 21 heavy (non-hydrogen) atoms. The maximum Gasteiger partial charge on any atom is 0.317 e. The zero-order valence-corrected chi connectivity index (χ0v) is 12.3. The van der Waals surface area contributed by atoms with Gasteiger partial charge in [-0.05, 0) is 19.8 Å². The SMILES string of the molecule is Cc1cncn1CC(=O)N1CCCC(N2CCNC2=O)C1. The Hall–Kier alpha value is -2.05. The van der Waals surface area contributed by atoms with E-state index in [1.54, 1.807) is 12.5 Å². The number of carbonyl (C=O) groups excluding carboxylic acids is 2. The van der Waals surface area contributed by atoms with Gasteiger partial charge in [-0.3, -0.25) is 4.79 Å². The van der Waals surface area contributed by atoms with Crippen LogP contribution in [0.4, 0.5) is 4.79 Å². The maximum atomic E-state index is 12.4. The lowest BCUT2D eigenvalue weighted by Gasteiger charge is -2.37. The van der Waals surface area contributed by atoms with Crippen molar-refractivity contribution in [2.24, 2.45) is 0 Å². The number of rotatable bonds is 3. The first-order chi connectivity index (χ1) is 10.1. The van der Waals surface area contributed by atoms with Crippen LogP contribution in [-0.2, 0) is 11.3 Å². The predicted octanol–water partition coefficient (Wildman–Crippen LogP) is 0.208. The Balaban J connectivity index is 1.61. The average Bonchev–Trinajstić information content (AvgIpc) is 3.08. The van der Waals surface area contributed by atoms with Crippen LogP contribution in [0.25, 0.3) is 0 Å². The molecule has 2 aliphatic heterocycles. The largest absolute Gasteiger partial charge is 0.339 e. The molecule has 0 bridgehead atoms. The minimum absolute atomic E-state index is 0.000229. The van der Waals surface area contributed by atoms with Crippen molar-refractivity contribution in [1.29, 1.82) is 0 Å². The molecule has 2 fully saturated rings. The Labute approximate surface area is 123 Å². The van der Waals surface area contributed by atoms with E-state index in [9.17, 15) is 9.59 Å². The second-order valence-corrected chi connectivity index (χ2v) is 5.72. The third kappa shape index (κ3) is 2.86. The number of amides is 3. The molecule has 0 spiro atoms. The predicted molar refractivity (Wildman–Crippen MR) is 76.7 cm³/mol. The van der Waals surface area contributed by atoms with Gasteiger partial charge in [0.05, 0.1) is 12.4 Å². The fourth-order valence-corrected chi connectivity index (χ4v) is 3.07. The summed E-state index contributed by atoms with van der Waals surface area (Å²) in [4.78, 5) is 31.9. The first kappa shape index (κ1) is 13.9. The summed E-state index contributed by atoms with van der Waals surface area (Å²) < 4.78 is 1.86. The van der Waals surface area contributed by atoms with E-state index in [1.807, 2.05) is 21.3 Å². The number of hydrogen-bond donors (Lipinski definition) is 1. The van der Waals surface area contributed by atoms with Crippen LogP contribution in [-0.4, -0.2) is 63.5 Å². The number of nitrogens with one attached hydrogen (secondary N) is 1. The highest BCUT2D eigenvalue weighted by atomic mass is 16.2. The van der Waals surface area contributed by atoms with Gasteiger partial charge in [0.1, 0.15) is 6.54 Å². The average molecular weight is 291 g/mol. The van der Waals surface area contributed by atoms with Crippen molar-refractivity contribution >= 4 is 11.9 Å². The fourth-order valence-electron chi connectivity index (χ4n) is 3.07. The quantitative estimate of drug-likeness (QED) is 0.865. The Kier molecular flexibility index (Phi) is 3.81. The molecule has 0 radical (unpaired) electrons. The summed E-state index contributed by atoms with van der Waals surface area (Å²) >= 11 is 0. The van der Waals surface area contributed by atoms with Gasteiger partial charge in [0, 0.05) is 38.1 Å². The molecule has 2 aliphatic rings. The van der Waals surface area contributed by atoms with E-state index >= 15 is 0 Å². The summed E-state index contributed by atoms with van der Waals surface area (Å²) in [7, 11) is 0. The molecule has 0 aromatic carbocycles. The van der Waals surface area contributed by atoms with E-state index in [0.29, 0.717) is 19.6 Å². The van der Waals surface area contributed by atoms with Gasteiger partial charge in [0.2, 0.25) is 5.91 Å². The molecule has 7 heteroatoms. The molecule has 3 amide bonds. The molecule has 1 N–H and O–H groups in total. The number of aromatic nitrogens is 2. The standard InChI is InChI=1S/C14H21N5O2/c1-11-7-15-10-18(11)9-13(20)17-5-2-3-12(8-17)19-6-4-16-14(19)21/h7,10,12H,2-6,8-9H2,1H3,(H,16,21). The summed E-state index contributed by atoms with van der Waals surface area (Å²) in [5.41, 5.74) is 0.982. The highest BCUT2D eigenvalue weighted by Crippen LogP contribution is 2.18. The maximum absolute atomic E-state index is 12.4. The van der Waals surface area contributed by atoms with E-state index in [2.05, 4.69) is 10.3 Å². The second-order valence-electron chi connectivity index (χ2n) is 5.72. The monoisotopic (exact) mass is 291 g/mol. The van der Waals surface area contributed by atoms with Crippen molar-refractivity contribution in [3.8, 4) is 0 Å². The highest BCUT2D eigenvalue weighted by molar-refractivity contribution is 5.78. The second kappa shape index (κ2) is 5.75. The molecule has 3 heterocycles. The molecule has 3 rings (SSSR count). The third-order valence-electron chi connectivity index (χ3n) is 4.31. The summed E-state index contributed by atoms with van der Waals surface area (Å²) in [6.45, 7) is 5.13. The molecule has 7 nitrogen and oxygen atoms in total. The minimum Gasteiger partial charge on any atom is -0.339 e. The summed E-state index contributed by atoms with van der Waals surface area (Å²) in [5.74, 6) is 0.0976. The lowest BCUT2D eigenvalue weighted by Crippen LogP contribution is -2.51. The molecule has 0 saturated carbocycles. The Morgan fingerprint density at radius 3 is 3.00 bits per heavy atom. The third-order valence-corrected chi connectivity index (χ3v) is 4.31. The molecule has 1 atom stereocenters. The van der Waals surface area contributed by atoms with E-state index in [0.717, 1.165) is 31.6 Å². The number of nitrogens with zero attached hydrogens (tertiary/aromatic N) is 4. The molecular weight excluding hydrogens is 270 g/mol. The van der Waals surface area contributed by atoms with Crippen molar-refractivity contribution in [2.45, 2.75) is 32.4 Å². The molecular formula is C14H21N5O2. The normalized spacial score (nSPS) is 22.5. The minimum atomic E-state index is -0.000229. The van der Waals surface area contributed by atoms with Crippen LogP contribution in [0.3, 0.4) is 0 Å². The van der Waals surface area contributed by atoms with Gasteiger partial charge in [-0.1, -0.05) is 0 Å². The number of piperidine rings is 1. The number of urea groups is 1. The number of imidazole rings is 1. The van der Waals surface area contributed by atoms with Crippen LogP contribution in [0.15, 0.2) is 12.5 Å². The number of aryl methyl sites for hydroxylation is 1. The highest BCUT2D eigenvalue weighted by Gasteiger charge is 2.32. The van der Waals surface area contributed by atoms with E-state index in [-0.39, 0.29) is 18.0 Å². The fraction of sp³-hybridized carbons (Fsp3) is 0.643. The summed E-state index contributed by atoms with van der Waals surface area (Å²) in [5, 5.41) is 2.83. The molecule has 1 aromatic heterocycles. The number of likely N-dealkylation sites (tertiary alicyclic amines) is 1. The molecule has 1 aromatic rings. The van der Waals surface area contributed by atoms with Crippen LogP contribution in [0.2, 0.25) is 0 Å². The van der Waals surface area contributed by atoms with Gasteiger partial charge in [-0.15, -0.1) is 0 Å². The van der Waals surface area contributed by atoms with Crippen molar-refractivity contribution < 1.29 is 9.59 Å². The van der Waals surface area contributed by atoms with Crippen LogP contribution in [0.1, 0.15) is 18.5 Å². The van der Waals surface area contributed by atoms with Crippen molar-refractivity contribution in [3.05, 3.63) is 18.2 Å². The van der Waals surface area contributed by atoms with Crippen LogP contribution in [0, 0.1) is 6.92 Å². The Morgan fingerprint density at radius 1 is 1.48 bits per heavy atom. The van der Waals surface area contributed by atoms with Gasteiger partial charge in [0.15, 0.2) is 0 Å². The number of hydrogen-bond acceptors (Lipinski definition) is 3. The number of carbonyl (C=O) groups is 2. The summed E-state index contributed by atoms with van der Waals surface area (Å²) in [6.07, 6.45) is 5.35. The first-order valence-electron chi connectivity index (χ1n) is 7.44. The molecule has 2 saturated heterocycles. The van der Waals surface area contributed by atoms with E-state index < -0.39 is 0 Å². The molecule has 0 aliphatic carbocycles. The Bertz CT molecular complexity index is 541. The van der Waals surface area contributed by atoms with Gasteiger partial charge in [-0.25, -0.2) is 9.78 Å². The smallest absolute Gasteiger partial charge is 0.317 e. The van der Waals surface area contributed by atoms with Gasteiger partial charge in [0.25, 0.3) is 0 Å². The van der Waals surface area contributed by atoms with Gasteiger partial charge >= 0.3 is 6.03 Å². The van der Waals surface area contributed by atoms with Crippen molar-refractivity contribution in [1.82, 2.24) is 24.7 Å². The molecule has 114 valence electrons. The van der Waals surface area contributed by atoms with Crippen molar-refractivity contribution in [2.75, 3.05) is 26.2 Å². The van der Waals surface area contributed by atoms with E-state index in [4.69, 9.17) is 0 Å². The lowest BCUT2D eigenvalue weighted by atomic mass is 10.0. The Morgan fingerprint density at radius 2 is 2.33 bits per heavy atom. The lowest BCUT2D eigenvalue weighted by molar-refractivity contribution is -0.133. The summed E-state index contributed by atoms with van der Waals surface area (Å²) in [6, 6.07) is 0.147. The van der Waals surface area contributed by atoms with Crippen LogP contribution >= 0.6 is 0 Å². The van der Waals surface area contributed by atoms with E-state index in [1.165, 1.54) is 0 Å². The van der Waals surface area contributed by atoms with Crippen molar-refractivity contribution in [3.63, 3.8) is 0 Å². The zero-order valence-electron chi connectivity index (χ0n) is 12.3. The van der Waals surface area contributed by atoms with Gasteiger partial charge in [-0.2, -0.15) is 0 Å². The zero-order chi connectivity index (χ0) is 14.8. The van der Waals surface area contributed by atoms with Crippen LogP contribution in [0.5, 0.6) is 0 Å².